The van der Waals surface area contributed by atoms with Gasteiger partial charge in [-0.2, -0.15) is 13.2 Å². The minimum Gasteiger partial charge on any atom is -0.324 e. The van der Waals surface area contributed by atoms with Crippen molar-refractivity contribution in [3.63, 3.8) is 0 Å². The van der Waals surface area contributed by atoms with E-state index in [0.717, 1.165) is 0 Å². The molecular formula is C5H10F3O3P. The molecule has 0 aromatic carbocycles. The standard InChI is InChI=1S/C5H10F3O3P/c1-2-3-12(9,10)11-4-5(6,7)8/h2-4H2,1H3,(H,9,10). The topological polar surface area (TPSA) is 46.5 Å². The molecule has 0 radical (unpaired) electrons. The van der Waals surface area contributed by atoms with Gasteiger partial charge in [-0.25, -0.2) is 0 Å². The van der Waals surface area contributed by atoms with Gasteiger partial charge in [0, 0.05) is 6.16 Å². The summed E-state index contributed by atoms with van der Waals surface area (Å²) >= 11 is 0. The Kier molecular flexibility index (Phi) is 4.23. The van der Waals surface area contributed by atoms with Crippen molar-refractivity contribution in [2.24, 2.45) is 0 Å². The summed E-state index contributed by atoms with van der Waals surface area (Å²) in [6, 6.07) is 0. The van der Waals surface area contributed by atoms with Gasteiger partial charge in [0.2, 0.25) is 0 Å². The average Bonchev–Trinajstić information content (AvgIpc) is 1.83. The Morgan fingerprint density at radius 3 is 2.33 bits per heavy atom. The average molecular weight is 206 g/mol. The van der Waals surface area contributed by atoms with Crippen LogP contribution < -0.4 is 0 Å². The van der Waals surface area contributed by atoms with Gasteiger partial charge in [0.1, 0.15) is 0 Å². The van der Waals surface area contributed by atoms with Gasteiger partial charge in [-0.15, -0.1) is 0 Å². The van der Waals surface area contributed by atoms with Crippen LogP contribution in [-0.4, -0.2) is 23.8 Å². The zero-order valence-electron chi connectivity index (χ0n) is 6.47. The fourth-order valence-corrected chi connectivity index (χ4v) is 1.56. The van der Waals surface area contributed by atoms with Gasteiger partial charge in [-0.3, -0.25) is 9.09 Å². The van der Waals surface area contributed by atoms with Crippen LogP contribution in [0.1, 0.15) is 13.3 Å². The molecule has 0 aromatic rings. The van der Waals surface area contributed by atoms with Crippen LogP contribution in [0.4, 0.5) is 13.2 Å². The fraction of sp³-hybridized carbons (Fsp3) is 1.00. The highest BCUT2D eigenvalue weighted by Gasteiger charge is 2.32. The van der Waals surface area contributed by atoms with Gasteiger partial charge in [-0.1, -0.05) is 6.92 Å². The molecule has 0 bridgehead atoms. The van der Waals surface area contributed by atoms with Crippen LogP contribution in [0.25, 0.3) is 0 Å². The van der Waals surface area contributed by atoms with E-state index in [2.05, 4.69) is 4.52 Å². The van der Waals surface area contributed by atoms with Crippen LogP contribution in [-0.2, 0) is 9.09 Å². The minimum absolute atomic E-state index is 0.247. The van der Waals surface area contributed by atoms with E-state index >= 15 is 0 Å². The van der Waals surface area contributed by atoms with Crippen molar-refractivity contribution in [3.05, 3.63) is 0 Å². The number of hydrogen-bond donors (Lipinski definition) is 1. The number of rotatable bonds is 4. The van der Waals surface area contributed by atoms with Crippen molar-refractivity contribution in [1.82, 2.24) is 0 Å². The Labute approximate surface area is 68.1 Å². The maximum Gasteiger partial charge on any atom is 0.412 e. The van der Waals surface area contributed by atoms with Gasteiger partial charge >= 0.3 is 13.8 Å². The molecule has 1 unspecified atom stereocenters. The Morgan fingerprint density at radius 2 is 2.00 bits per heavy atom. The Hall–Kier alpha value is -0.0600. The van der Waals surface area contributed by atoms with Crippen LogP contribution in [0, 0.1) is 0 Å². The van der Waals surface area contributed by atoms with E-state index in [9.17, 15) is 17.7 Å². The maximum absolute atomic E-state index is 11.5. The molecule has 0 fully saturated rings. The van der Waals surface area contributed by atoms with Crippen molar-refractivity contribution in [2.45, 2.75) is 19.5 Å². The molecule has 0 aromatic heterocycles. The van der Waals surface area contributed by atoms with Crippen molar-refractivity contribution < 1.29 is 27.2 Å². The summed E-state index contributed by atoms with van der Waals surface area (Å²) in [5.41, 5.74) is 0. The molecule has 0 spiro atoms. The van der Waals surface area contributed by atoms with E-state index in [1.54, 1.807) is 6.92 Å². The van der Waals surface area contributed by atoms with Gasteiger partial charge in [-0.05, 0) is 6.42 Å². The molecular weight excluding hydrogens is 196 g/mol. The molecule has 0 amide bonds. The smallest absolute Gasteiger partial charge is 0.324 e. The monoisotopic (exact) mass is 206 g/mol. The van der Waals surface area contributed by atoms with Gasteiger partial charge < -0.3 is 4.89 Å². The predicted octanol–water partition coefficient (Wildman–Crippen LogP) is 2.16. The lowest BCUT2D eigenvalue weighted by molar-refractivity contribution is -0.154. The zero-order chi connectivity index (χ0) is 9.83. The summed E-state index contributed by atoms with van der Waals surface area (Å²) in [4.78, 5) is 8.71. The lowest BCUT2D eigenvalue weighted by Crippen LogP contribution is -2.16. The highest BCUT2D eigenvalue weighted by atomic mass is 31.2. The van der Waals surface area contributed by atoms with Crippen LogP contribution in [0.3, 0.4) is 0 Å². The molecule has 1 N–H and O–H groups in total. The van der Waals surface area contributed by atoms with Gasteiger partial charge in [0.15, 0.2) is 6.61 Å². The largest absolute Gasteiger partial charge is 0.412 e. The molecule has 74 valence electrons. The van der Waals surface area contributed by atoms with Crippen LogP contribution in [0.15, 0.2) is 0 Å². The molecule has 7 heteroatoms. The normalized spacial score (nSPS) is 17.4. The molecule has 12 heavy (non-hydrogen) atoms. The molecule has 0 aliphatic rings. The first kappa shape index (κ1) is 11.9. The summed E-state index contributed by atoms with van der Waals surface area (Å²) in [5, 5.41) is 0. The Balaban J connectivity index is 3.84. The summed E-state index contributed by atoms with van der Waals surface area (Å²) < 4.78 is 48.9. The van der Waals surface area contributed by atoms with Crippen LogP contribution in [0.5, 0.6) is 0 Å². The van der Waals surface area contributed by atoms with E-state index in [4.69, 9.17) is 4.89 Å². The molecule has 0 saturated heterocycles. The molecule has 0 aliphatic heterocycles. The molecule has 3 nitrogen and oxygen atoms in total. The van der Waals surface area contributed by atoms with Crippen LogP contribution >= 0.6 is 7.60 Å². The van der Waals surface area contributed by atoms with Crippen molar-refractivity contribution in [3.8, 4) is 0 Å². The van der Waals surface area contributed by atoms with Gasteiger partial charge in [0.25, 0.3) is 0 Å². The highest BCUT2D eigenvalue weighted by molar-refractivity contribution is 7.52. The number of alkyl halides is 3. The lowest BCUT2D eigenvalue weighted by atomic mass is 10.6. The first-order valence-corrected chi connectivity index (χ1v) is 5.06. The number of hydrogen-bond acceptors (Lipinski definition) is 2. The third kappa shape index (κ3) is 6.64. The van der Waals surface area contributed by atoms with E-state index in [1.807, 2.05) is 0 Å². The van der Waals surface area contributed by atoms with Crippen molar-refractivity contribution in [1.29, 1.82) is 0 Å². The Bertz CT molecular complexity index is 179. The lowest BCUT2D eigenvalue weighted by Gasteiger charge is -2.12. The second kappa shape index (κ2) is 4.25. The highest BCUT2D eigenvalue weighted by Crippen LogP contribution is 2.43. The first-order valence-electron chi connectivity index (χ1n) is 3.30. The minimum atomic E-state index is -4.55. The van der Waals surface area contributed by atoms with E-state index < -0.39 is 20.4 Å². The summed E-state index contributed by atoms with van der Waals surface area (Å²) in [7, 11) is -4.01. The molecule has 0 heterocycles. The molecule has 0 rings (SSSR count). The van der Waals surface area contributed by atoms with E-state index in [1.165, 1.54) is 0 Å². The zero-order valence-corrected chi connectivity index (χ0v) is 7.36. The van der Waals surface area contributed by atoms with Crippen molar-refractivity contribution in [2.75, 3.05) is 12.8 Å². The predicted molar refractivity (Wildman–Crippen MR) is 37.0 cm³/mol. The van der Waals surface area contributed by atoms with E-state index in [-0.39, 0.29) is 6.16 Å². The summed E-state index contributed by atoms with van der Waals surface area (Å²) in [6.45, 7) is -0.0827. The molecule has 0 aliphatic carbocycles. The van der Waals surface area contributed by atoms with E-state index in [0.29, 0.717) is 6.42 Å². The van der Waals surface area contributed by atoms with Crippen LogP contribution in [0.2, 0.25) is 0 Å². The molecule has 0 saturated carbocycles. The molecule has 1 atom stereocenters. The quantitative estimate of drug-likeness (QED) is 0.717. The van der Waals surface area contributed by atoms with Gasteiger partial charge in [0.05, 0.1) is 0 Å². The fourth-order valence-electron chi connectivity index (χ4n) is 0.521. The number of halogens is 3. The first-order chi connectivity index (χ1) is 5.27. The second-order valence-electron chi connectivity index (χ2n) is 2.25. The summed E-state index contributed by atoms with van der Waals surface area (Å²) in [6.07, 6.45) is -4.49. The Morgan fingerprint density at radius 1 is 1.50 bits per heavy atom. The SMILES string of the molecule is CCCP(=O)(O)OCC(F)(F)F. The third-order valence-corrected chi connectivity index (χ3v) is 2.48. The summed E-state index contributed by atoms with van der Waals surface area (Å²) in [5.74, 6) is 0. The maximum atomic E-state index is 11.5. The second-order valence-corrected chi connectivity index (χ2v) is 4.23. The van der Waals surface area contributed by atoms with Crippen molar-refractivity contribution >= 4 is 7.60 Å². The third-order valence-electron chi connectivity index (χ3n) is 0.936.